The monoisotopic (exact) mass is 221 g/mol. The first kappa shape index (κ1) is 11.2. The van der Waals surface area contributed by atoms with Crippen LogP contribution in [-0.2, 0) is 7.05 Å². The van der Waals surface area contributed by atoms with Crippen LogP contribution in [0.2, 0.25) is 0 Å². The standard InChI is InChI=1S/C12H19N3O/c1-15-11(8-9-13-15)12(16)14-10-6-4-2-3-5-7-10/h8-10H,2-7H2,1H3,(H,14,16). The second kappa shape index (κ2) is 5.14. The highest BCUT2D eigenvalue weighted by Gasteiger charge is 2.17. The lowest BCUT2D eigenvalue weighted by Crippen LogP contribution is -2.35. The number of amides is 1. The average Bonchev–Trinajstić information content (AvgIpc) is 2.53. The van der Waals surface area contributed by atoms with Crippen molar-refractivity contribution in [2.75, 3.05) is 0 Å². The van der Waals surface area contributed by atoms with Crippen LogP contribution >= 0.6 is 0 Å². The number of carbonyl (C=O) groups is 1. The summed E-state index contributed by atoms with van der Waals surface area (Å²) in [5, 5.41) is 7.11. The Balaban J connectivity index is 1.93. The highest BCUT2D eigenvalue weighted by atomic mass is 16.2. The maximum atomic E-state index is 11.9. The van der Waals surface area contributed by atoms with Crippen LogP contribution in [0.25, 0.3) is 0 Å². The number of carbonyl (C=O) groups excluding carboxylic acids is 1. The fraction of sp³-hybridized carbons (Fsp3) is 0.667. The first-order chi connectivity index (χ1) is 7.77. The van der Waals surface area contributed by atoms with E-state index in [0.717, 1.165) is 12.8 Å². The summed E-state index contributed by atoms with van der Waals surface area (Å²) in [5.41, 5.74) is 0.643. The third-order valence-corrected chi connectivity index (χ3v) is 3.24. The number of nitrogens with one attached hydrogen (secondary N) is 1. The molecule has 0 spiro atoms. The Morgan fingerprint density at radius 1 is 1.38 bits per heavy atom. The third kappa shape index (κ3) is 2.62. The van der Waals surface area contributed by atoms with Gasteiger partial charge in [0.2, 0.25) is 0 Å². The van der Waals surface area contributed by atoms with Gasteiger partial charge in [-0.3, -0.25) is 9.48 Å². The molecule has 2 rings (SSSR count). The lowest BCUT2D eigenvalue weighted by molar-refractivity contribution is 0.0924. The van der Waals surface area contributed by atoms with Crippen LogP contribution in [0.3, 0.4) is 0 Å². The van der Waals surface area contributed by atoms with Crippen LogP contribution in [0.15, 0.2) is 12.3 Å². The zero-order valence-corrected chi connectivity index (χ0v) is 9.78. The molecule has 1 aromatic rings. The predicted molar refractivity (Wildman–Crippen MR) is 62.2 cm³/mol. The van der Waals surface area contributed by atoms with Gasteiger partial charge in [0, 0.05) is 19.3 Å². The number of hydrogen-bond acceptors (Lipinski definition) is 2. The second-order valence-corrected chi connectivity index (χ2v) is 4.50. The summed E-state index contributed by atoms with van der Waals surface area (Å²) in [6, 6.07) is 2.11. The molecule has 16 heavy (non-hydrogen) atoms. The molecule has 1 fully saturated rings. The van der Waals surface area contributed by atoms with Gasteiger partial charge in [0.05, 0.1) is 0 Å². The van der Waals surface area contributed by atoms with Crippen molar-refractivity contribution >= 4 is 5.91 Å². The van der Waals surface area contributed by atoms with E-state index in [1.807, 2.05) is 0 Å². The van der Waals surface area contributed by atoms with Crippen molar-refractivity contribution in [1.29, 1.82) is 0 Å². The van der Waals surface area contributed by atoms with E-state index >= 15 is 0 Å². The van der Waals surface area contributed by atoms with Crippen LogP contribution in [0.1, 0.15) is 49.0 Å². The topological polar surface area (TPSA) is 46.9 Å². The number of aryl methyl sites for hydroxylation is 1. The van der Waals surface area contributed by atoms with Crippen molar-refractivity contribution in [3.05, 3.63) is 18.0 Å². The zero-order valence-electron chi connectivity index (χ0n) is 9.78. The SMILES string of the molecule is Cn1nccc1C(=O)NC1CCCCCC1. The van der Waals surface area contributed by atoms with E-state index in [1.54, 1.807) is 24.0 Å². The van der Waals surface area contributed by atoms with E-state index < -0.39 is 0 Å². The molecule has 1 aliphatic rings. The fourth-order valence-electron chi connectivity index (χ4n) is 2.28. The predicted octanol–water partition coefficient (Wildman–Crippen LogP) is 1.87. The lowest BCUT2D eigenvalue weighted by Gasteiger charge is -2.15. The van der Waals surface area contributed by atoms with E-state index in [2.05, 4.69) is 10.4 Å². The van der Waals surface area contributed by atoms with Crippen LogP contribution in [0, 0.1) is 0 Å². The Labute approximate surface area is 96.0 Å². The van der Waals surface area contributed by atoms with Gasteiger partial charge in [-0.25, -0.2) is 0 Å². The van der Waals surface area contributed by atoms with Crippen molar-refractivity contribution in [3.8, 4) is 0 Å². The fourth-order valence-corrected chi connectivity index (χ4v) is 2.28. The van der Waals surface area contributed by atoms with Crippen LogP contribution in [0.4, 0.5) is 0 Å². The molecule has 4 heteroatoms. The molecule has 1 aliphatic carbocycles. The minimum atomic E-state index is 0.00639. The van der Waals surface area contributed by atoms with Crippen molar-refractivity contribution in [1.82, 2.24) is 15.1 Å². The molecule has 1 saturated carbocycles. The number of rotatable bonds is 2. The Morgan fingerprint density at radius 3 is 2.62 bits per heavy atom. The average molecular weight is 221 g/mol. The molecule has 0 aromatic carbocycles. The van der Waals surface area contributed by atoms with Gasteiger partial charge in [-0.05, 0) is 18.9 Å². The molecule has 1 aromatic heterocycles. The summed E-state index contributed by atoms with van der Waals surface area (Å²) in [4.78, 5) is 11.9. The van der Waals surface area contributed by atoms with Crippen molar-refractivity contribution in [2.24, 2.45) is 7.05 Å². The van der Waals surface area contributed by atoms with Crippen molar-refractivity contribution in [3.63, 3.8) is 0 Å². The van der Waals surface area contributed by atoms with Crippen LogP contribution in [0.5, 0.6) is 0 Å². The number of aromatic nitrogens is 2. The molecule has 0 atom stereocenters. The Bertz CT molecular complexity index is 351. The van der Waals surface area contributed by atoms with Gasteiger partial charge in [0.25, 0.3) is 5.91 Å². The molecule has 88 valence electrons. The molecule has 4 nitrogen and oxygen atoms in total. The summed E-state index contributed by atoms with van der Waals surface area (Å²) < 4.78 is 1.62. The Morgan fingerprint density at radius 2 is 2.06 bits per heavy atom. The molecule has 0 aliphatic heterocycles. The van der Waals surface area contributed by atoms with Crippen molar-refractivity contribution in [2.45, 2.75) is 44.6 Å². The number of nitrogens with zero attached hydrogens (tertiary/aromatic N) is 2. The number of hydrogen-bond donors (Lipinski definition) is 1. The summed E-state index contributed by atoms with van der Waals surface area (Å²) in [7, 11) is 1.79. The Hall–Kier alpha value is -1.32. The van der Waals surface area contributed by atoms with Gasteiger partial charge in [0.1, 0.15) is 5.69 Å². The van der Waals surface area contributed by atoms with Gasteiger partial charge < -0.3 is 5.32 Å². The summed E-state index contributed by atoms with van der Waals surface area (Å²) in [6.07, 6.45) is 8.96. The van der Waals surface area contributed by atoms with Gasteiger partial charge in [-0.15, -0.1) is 0 Å². The van der Waals surface area contributed by atoms with Gasteiger partial charge in [-0.2, -0.15) is 5.10 Å². The summed E-state index contributed by atoms with van der Waals surface area (Å²) in [6.45, 7) is 0. The molecular formula is C12H19N3O. The summed E-state index contributed by atoms with van der Waals surface area (Å²) in [5.74, 6) is 0.00639. The minimum Gasteiger partial charge on any atom is -0.348 e. The van der Waals surface area contributed by atoms with E-state index in [9.17, 15) is 4.79 Å². The normalized spacial score (nSPS) is 18.1. The van der Waals surface area contributed by atoms with Gasteiger partial charge >= 0.3 is 0 Å². The summed E-state index contributed by atoms with van der Waals surface area (Å²) >= 11 is 0. The maximum absolute atomic E-state index is 11.9. The van der Waals surface area contributed by atoms with E-state index in [4.69, 9.17) is 0 Å². The van der Waals surface area contributed by atoms with Crippen LogP contribution < -0.4 is 5.32 Å². The lowest BCUT2D eigenvalue weighted by atomic mass is 10.1. The molecule has 1 amide bonds. The highest BCUT2D eigenvalue weighted by Crippen LogP contribution is 2.17. The first-order valence-corrected chi connectivity index (χ1v) is 6.06. The smallest absolute Gasteiger partial charge is 0.269 e. The highest BCUT2D eigenvalue weighted by molar-refractivity contribution is 5.92. The maximum Gasteiger partial charge on any atom is 0.269 e. The molecule has 0 unspecified atom stereocenters. The Kier molecular flexibility index (Phi) is 3.59. The molecule has 1 N–H and O–H groups in total. The largest absolute Gasteiger partial charge is 0.348 e. The quantitative estimate of drug-likeness (QED) is 0.775. The third-order valence-electron chi connectivity index (χ3n) is 3.24. The second-order valence-electron chi connectivity index (χ2n) is 4.50. The first-order valence-electron chi connectivity index (χ1n) is 6.06. The van der Waals surface area contributed by atoms with E-state index in [-0.39, 0.29) is 5.91 Å². The zero-order chi connectivity index (χ0) is 11.4. The van der Waals surface area contributed by atoms with Crippen molar-refractivity contribution < 1.29 is 4.79 Å². The molecule has 0 saturated heterocycles. The van der Waals surface area contributed by atoms with Gasteiger partial charge in [0.15, 0.2) is 0 Å². The van der Waals surface area contributed by atoms with Gasteiger partial charge in [-0.1, -0.05) is 25.7 Å². The van der Waals surface area contributed by atoms with E-state index in [0.29, 0.717) is 11.7 Å². The minimum absolute atomic E-state index is 0.00639. The molecule has 0 radical (unpaired) electrons. The molecular weight excluding hydrogens is 202 g/mol. The van der Waals surface area contributed by atoms with Crippen LogP contribution in [-0.4, -0.2) is 21.7 Å². The molecule has 0 bridgehead atoms. The van der Waals surface area contributed by atoms with E-state index in [1.165, 1.54) is 25.7 Å². The molecule has 1 heterocycles.